The van der Waals surface area contributed by atoms with Gasteiger partial charge in [-0.25, -0.2) is 0 Å². The third kappa shape index (κ3) is 3.16. The van der Waals surface area contributed by atoms with Crippen LogP contribution in [0.4, 0.5) is 5.69 Å². The van der Waals surface area contributed by atoms with Crippen LogP contribution in [0.2, 0.25) is 0 Å². The molecule has 20 heavy (non-hydrogen) atoms. The second-order valence-corrected chi connectivity index (χ2v) is 5.66. The summed E-state index contributed by atoms with van der Waals surface area (Å²) in [4.78, 5) is 0.716. The third-order valence-corrected chi connectivity index (χ3v) is 4.22. The first-order valence-electron chi connectivity index (χ1n) is 5.95. The topological polar surface area (TPSA) is 76.1 Å². The SMILES string of the molecule is COc1ccc(CS(=O)c2ccc(N)cc2)cc1C#N. The number of nitrogen functional groups attached to an aromatic ring is 1. The molecule has 4 nitrogen and oxygen atoms in total. The summed E-state index contributed by atoms with van der Waals surface area (Å²) >= 11 is 0. The van der Waals surface area contributed by atoms with Crippen molar-refractivity contribution in [2.75, 3.05) is 12.8 Å². The van der Waals surface area contributed by atoms with Crippen molar-refractivity contribution < 1.29 is 8.95 Å². The molecule has 0 fully saturated rings. The smallest absolute Gasteiger partial charge is 0.136 e. The first-order valence-corrected chi connectivity index (χ1v) is 7.27. The summed E-state index contributed by atoms with van der Waals surface area (Å²) in [6, 6.07) is 14.2. The number of nitriles is 1. The maximum Gasteiger partial charge on any atom is 0.136 e. The second kappa shape index (κ2) is 6.22. The minimum atomic E-state index is -1.17. The van der Waals surface area contributed by atoms with E-state index < -0.39 is 10.8 Å². The number of nitrogens with zero attached hydrogens (tertiary/aromatic N) is 1. The summed E-state index contributed by atoms with van der Waals surface area (Å²) in [6.07, 6.45) is 0. The third-order valence-electron chi connectivity index (χ3n) is 2.83. The van der Waals surface area contributed by atoms with Crippen LogP contribution in [-0.2, 0) is 16.6 Å². The Kier molecular flexibility index (Phi) is 4.38. The lowest BCUT2D eigenvalue weighted by Crippen LogP contribution is -1.98. The van der Waals surface area contributed by atoms with Crippen LogP contribution in [0.3, 0.4) is 0 Å². The molecule has 2 aromatic rings. The average Bonchev–Trinajstić information content (AvgIpc) is 2.47. The van der Waals surface area contributed by atoms with Gasteiger partial charge in [0.2, 0.25) is 0 Å². The highest BCUT2D eigenvalue weighted by molar-refractivity contribution is 7.84. The van der Waals surface area contributed by atoms with E-state index in [2.05, 4.69) is 6.07 Å². The number of anilines is 1. The monoisotopic (exact) mass is 286 g/mol. The van der Waals surface area contributed by atoms with Gasteiger partial charge in [-0.15, -0.1) is 0 Å². The number of rotatable bonds is 4. The lowest BCUT2D eigenvalue weighted by Gasteiger charge is -2.06. The van der Waals surface area contributed by atoms with Crippen molar-refractivity contribution in [3.05, 3.63) is 53.6 Å². The van der Waals surface area contributed by atoms with Gasteiger partial charge in [0.1, 0.15) is 11.8 Å². The predicted molar refractivity (Wildman–Crippen MR) is 78.7 cm³/mol. The molecule has 2 aromatic carbocycles. The average molecular weight is 286 g/mol. The minimum absolute atomic E-state index is 0.350. The van der Waals surface area contributed by atoms with E-state index in [1.807, 2.05) is 6.07 Å². The molecule has 0 aliphatic carbocycles. The van der Waals surface area contributed by atoms with Gasteiger partial charge >= 0.3 is 0 Å². The predicted octanol–water partition coefficient (Wildman–Crippen LogP) is 2.46. The second-order valence-electron chi connectivity index (χ2n) is 4.21. The molecule has 2 N–H and O–H groups in total. The fraction of sp³-hybridized carbons (Fsp3) is 0.133. The van der Waals surface area contributed by atoms with Crippen LogP contribution < -0.4 is 10.5 Å². The highest BCUT2D eigenvalue weighted by Crippen LogP contribution is 2.21. The van der Waals surface area contributed by atoms with E-state index in [1.54, 1.807) is 36.4 Å². The molecule has 0 aromatic heterocycles. The Hall–Kier alpha value is -2.32. The van der Waals surface area contributed by atoms with Crippen molar-refractivity contribution >= 4 is 16.5 Å². The van der Waals surface area contributed by atoms with Gasteiger partial charge in [0.25, 0.3) is 0 Å². The molecule has 0 radical (unpaired) electrons. The molecule has 0 saturated heterocycles. The molecular formula is C15H14N2O2S. The van der Waals surface area contributed by atoms with Crippen LogP contribution in [0.1, 0.15) is 11.1 Å². The van der Waals surface area contributed by atoms with E-state index in [9.17, 15) is 4.21 Å². The molecule has 0 aliphatic rings. The van der Waals surface area contributed by atoms with E-state index in [-0.39, 0.29) is 0 Å². The van der Waals surface area contributed by atoms with Gasteiger partial charge in [-0.1, -0.05) is 6.07 Å². The number of benzene rings is 2. The van der Waals surface area contributed by atoms with Crippen molar-refractivity contribution in [1.29, 1.82) is 5.26 Å². The lowest BCUT2D eigenvalue weighted by atomic mass is 10.1. The van der Waals surface area contributed by atoms with Crippen molar-refractivity contribution in [1.82, 2.24) is 0 Å². The Morgan fingerprint density at radius 1 is 1.25 bits per heavy atom. The van der Waals surface area contributed by atoms with Gasteiger partial charge in [-0.3, -0.25) is 4.21 Å². The van der Waals surface area contributed by atoms with E-state index >= 15 is 0 Å². The van der Waals surface area contributed by atoms with Crippen molar-refractivity contribution in [3.63, 3.8) is 0 Å². The van der Waals surface area contributed by atoms with Gasteiger partial charge in [0, 0.05) is 10.6 Å². The van der Waals surface area contributed by atoms with Crippen LogP contribution in [0.25, 0.3) is 0 Å². The number of hydrogen-bond acceptors (Lipinski definition) is 4. The molecule has 1 unspecified atom stereocenters. The fourth-order valence-corrected chi connectivity index (χ4v) is 2.88. The van der Waals surface area contributed by atoms with Crippen LogP contribution >= 0.6 is 0 Å². The zero-order chi connectivity index (χ0) is 14.5. The lowest BCUT2D eigenvalue weighted by molar-refractivity contribution is 0.413. The summed E-state index contributed by atoms with van der Waals surface area (Å²) in [6.45, 7) is 0. The molecule has 0 bridgehead atoms. The Balaban J connectivity index is 2.20. The normalized spacial score (nSPS) is 11.6. The highest BCUT2D eigenvalue weighted by atomic mass is 32.2. The highest BCUT2D eigenvalue weighted by Gasteiger charge is 2.08. The number of hydrogen-bond donors (Lipinski definition) is 1. The van der Waals surface area contributed by atoms with E-state index in [4.69, 9.17) is 15.7 Å². The van der Waals surface area contributed by atoms with Crippen LogP contribution in [0, 0.1) is 11.3 Å². The van der Waals surface area contributed by atoms with Gasteiger partial charge in [0.05, 0.1) is 29.2 Å². The van der Waals surface area contributed by atoms with Crippen molar-refractivity contribution in [3.8, 4) is 11.8 Å². The molecule has 0 aliphatic heterocycles. The summed E-state index contributed by atoms with van der Waals surface area (Å²) in [7, 11) is 0.349. The Morgan fingerprint density at radius 2 is 1.95 bits per heavy atom. The summed E-state index contributed by atoms with van der Waals surface area (Å²) < 4.78 is 17.3. The van der Waals surface area contributed by atoms with Crippen LogP contribution in [-0.4, -0.2) is 11.3 Å². The van der Waals surface area contributed by atoms with E-state index in [0.29, 0.717) is 27.6 Å². The molecule has 1 atom stereocenters. The van der Waals surface area contributed by atoms with E-state index in [0.717, 1.165) is 5.56 Å². The van der Waals surface area contributed by atoms with Gasteiger partial charge < -0.3 is 10.5 Å². The fourth-order valence-electron chi connectivity index (χ4n) is 1.79. The zero-order valence-corrected chi connectivity index (χ0v) is 11.8. The standard InChI is InChI=1S/C15H14N2O2S/c1-19-15-7-2-11(8-12(15)9-16)10-20(18)14-5-3-13(17)4-6-14/h2-8H,10,17H2,1H3. The molecule has 102 valence electrons. The number of methoxy groups -OCH3 is 1. The molecule has 0 saturated carbocycles. The maximum absolute atomic E-state index is 12.2. The van der Waals surface area contributed by atoms with Gasteiger partial charge in [0.15, 0.2) is 0 Å². The van der Waals surface area contributed by atoms with Crippen molar-refractivity contribution in [2.24, 2.45) is 0 Å². The summed E-state index contributed by atoms with van der Waals surface area (Å²) in [5.41, 5.74) is 7.52. The molecule has 0 heterocycles. The molecule has 5 heteroatoms. The van der Waals surface area contributed by atoms with Crippen molar-refractivity contribution in [2.45, 2.75) is 10.6 Å². The molecule has 0 spiro atoms. The Bertz CT molecular complexity index is 675. The number of ether oxygens (including phenoxy) is 1. The Morgan fingerprint density at radius 3 is 2.55 bits per heavy atom. The minimum Gasteiger partial charge on any atom is -0.495 e. The molecular weight excluding hydrogens is 272 g/mol. The first kappa shape index (κ1) is 14.1. The maximum atomic E-state index is 12.2. The quantitative estimate of drug-likeness (QED) is 0.876. The first-order chi connectivity index (χ1) is 9.63. The molecule has 0 amide bonds. The largest absolute Gasteiger partial charge is 0.495 e. The summed E-state index contributed by atoms with van der Waals surface area (Å²) in [5, 5.41) is 9.04. The number of nitrogens with two attached hydrogens (primary N) is 1. The molecule has 2 rings (SSSR count). The summed E-state index contributed by atoms with van der Waals surface area (Å²) in [5.74, 6) is 0.872. The zero-order valence-electron chi connectivity index (χ0n) is 11.0. The van der Waals surface area contributed by atoms with Gasteiger partial charge in [-0.2, -0.15) is 5.26 Å². The van der Waals surface area contributed by atoms with Crippen LogP contribution in [0.15, 0.2) is 47.4 Å². The Labute approximate surface area is 120 Å². The van der Waals surface area contributed by atoms with Crippen LogP contribution in [0.5, 0.6) is 5.75 Å². The van der Waals surface area contributed by atoms with Gasteiger partial charge in [-0.05, 0) is 42.0 Å². The van der Waals surface area contributed by atoms with E-state index in [1.165, 1.54) is 7.11 Å².